The number of benzene rings is 1. The highest BCUT2D eigenvalue weighted by Gasteiger charge is 2.21. The molecule has 0 spiro atoms. The molecule has 110 valence electrons. The van der Waals surface area contributed by atoms with Crippen molar-refractivity contribution in [2.45, 2.75) is 26.3 Å². The Morgan fingerprint density at radius 2 is 2.19 bits per heavy atom. The largest absolute Gasteiger partial charge is 0.478 e. The van der Waals surface area contributed by atoms with Crippen LogP contribution in [0, 0.1) is 0 Å². The van der Waals surface area contributed by atoms with Crippen LogP contribution >= 0.6 is 0 Å². The summed E-state index contributed by atoms with van der Waals surface area (Å²) < 4.78 is 1.91. The number of carboxylic acid groups (broad SMARTS) is 1. The molecule has 21 heavy (non-hydrogen) atoms. The van der Waals surface area contributed by atoms with Crippen LogP contribution in [0.2, 0.25) is 0 Å². The number of carbonyl (C=O) groups is 1. The number of nitrogens with zero attached hydrogens (tertiary/aromatic N) is 3. The average molecular weight is 285 g/mol. The maximum atomic E-state index is 11.1. The number of fused-ring (bicyclic) bond motifs is 1. The predicted octanol–water partition coefficient (Wildman–Crippen LogP) is 2.24. The van der Waals surface area contributed by atoms with Crippen molar-refractivity contribution in [1.82, 2.24) is 9.78 Å². The first kappa shape index (κ1) is 13.7. The Labute approximate surface area is 123 Å². The highest BCUT2D eigenvalue weighted by Crippen LogP contribution is 2.30. The molecule has 0 aliphatic carbocycles. The molecule has 5 nitrogen and oxygen atoms in total. The second kappa shape index (κ2) is 5.24. The van der Waals surface area contributed by atoms with Crippen LogP contribution in [0.15, 0.2) is 24.3 Å². The maximum Gasteiger partial charge on any atom is 0.335 e. The van der Waals surface area contributed by atoms with Gasteiger partial charge in [0.2, 0.25) is 0 Å². The van der Waals surface area contributed by atoms with Crippen LogP contribution < -0.4 is 4.90 Å². The van der Waals surface area contributed by atoms with Crippen molar-refractivity contribution in [2.24, 2.45) is 7.05 Å². The fraction of sp³-hybridized carbons (Fsp3) is 0.375. The van der Waals surface area contributed by atoms with Gasteiger partial charge in [0.1, 0.15) is 0 Å². The molecule has 3 rings (SSSR count). The van der Waals surface area contributed by atoms with E-state index in [-0.39, 0.29) is 0 Å². The molecule has 0 fully saturated rings. The van der Waals surface area contributed by atoms with Crippen molar-refractivity contribution in [1.29, 1.82) is 0 Å². The number of aromatic nitrogens is 2. The van der Waals surface area contributed by atoms with E-state index in [1.54, 1.807) is 12.1 Å². The number of rotatable bonds is 4. The summed E-state index contributed by atoms with van der Waals surface area (Å²) in [6.45, 7) is 3.78. The summed E-state index contributed by atoms with van der Waals surface area (Å²) in [4.78, 5) is 13.4. The molecule has 0 amide bonds. The molecule has 1 aromatic heterocycles. The smallest absolute Gasteiger partial charge is 0.335 e. The normalized spacial score (nSPS) is 13.5. The third-order valence-corrected chi connectivity index (χ3v) is 4.07. The van der Waals surface area contributed by atoms with Crippen molar-refractivity contribution in [3.05, 3.63) is 46.8 Å². The standard InChI is InChI=1S/C16H19N3O2/c1-3-13-9-14(18(2)17-13)10-19-7-6-11-4-5-12(16(20)21)8-15(11)19/h4-5,8-9H,3,6-7,10H2,1-2H3,(H,20,21). The summed E-state index contributed by atoms with van der Waals surface area (Å²) in [6, 6.07) is 7.52. The molecule has 1 N–H and O–H groups in total. The van der Waals surface area contributed by atoms with E-state index in [1.165, 1.54) is 5.56 Å². The summed E-state index contributed by atoms with van der Waals surface area (Å²) in [5.41, 5.74) is 4.85. The minimum absolute atomic E-state index is 0.347. The predicted molar refractivity (Wildman–Crippen MR) is 80.7 cm³/mol. The summed E-state index contributed by atoms with van der Waals surface area (Å²) >= 11 is 0. The van der Waals surface area contributed by atoms with Crippen molar-refractivity contribution in [3.63, 3.8) is 0 Å². The summed E-state index contributed by atoms with van der Waals surface area (Å²) in [6.07, 6.45) is 1.89. The molecule has 2 heterocycles. The van der Waals surface area contributed by atoms with Gasteiger partial charge >= 0.3 is 5.97 Å². The van der Waals surface area contributed by atoms with Gasteiger partial charge < -0.3 is 10.0 Å². The SMILES string of the molecule is CCc1cc(CN2CCc3ccc(C(=O)O)cc32)n(C)n1. The van der Waals surface area contributed by atoms with Crippen LogP contribution in [0.5, 0.6) is 0 Å². The molecule has 5 heteroatoms. The number of hydrogen-bond donors (Lipinski definition) is 1. The molecule has 0 atom stereocenters. The molecule has 0 unspecified atom stereocenters. The molecule has 0 radical (unpaired) electrons. The average Bonchev–Trinajstić information content (AvgIpc) is 3.03. The van der Waals surface area contributed by atoms with Gasteiger partial charge in [-0.3, -0.25) is 4.68 Å². The molecule has 0 saturated carbocycles. The Hall–Kier alpha value is -2.30. The molecular weight excluding hydrogens is 266 g/mol. The molecule has 1 aliphatic rings. The van der Waals surface area contributed by atoms with Crippen LogP contribution in [0.25, 0.3) is 0 Å². The van der Waals surface area contributed by atoms with E-state index in [0.29, 0.717) is 5.56 Å². The van der Waals surface area contributed by atoms with E-state index in [1.807, 2.05) is 17.8 Å². The Balaban J connectivity index is 1.88. The van der Waals surface area contributed by atoms with Gasteiger partial charge in [-0.15, -0.1) is 0 Å². The number of hydrogen-bond acceptors (Lipinski definition) is 3. The zero-order valence-electron chi connectivity index (χ0n) is 12.3. The Morgan fingerprint density at radius 3 is 2.86 bits per heavy atom. The second-order valence-electron chi connectivity index (χ2n) is 5.42. The lowest BCUT2D eigenvalue weighted by molar-refractivity contribution is 0.0697. The zero-order valence-corrected chi connectivity index (χ0v) is 12.3. The fourth-order valence-corrected chi connectivity index (χ4v) is 2.83. The maximum absolute atomic E-state index is 11.1. The molecular formula is C16H19N3O2. The lowest BCUT2D eigenvalue weighted by Crippen LogP contribution is -2.21. The highest BCUT2D eigenvalue weighted by molar-refractivity contribution is 5.89. The van der Waals surface area contributed by atoms with E-state index in [4.69, 9.17) is 5.11 Å². The summed E-state index contributed by atoms with van der Waals surface area (Å²) in [5.74, 6) is -0.876. The van der Waals surface area contributed by atoms with Gasteiger partial charge in [0.25, 0.3) is 0 Å². The van der Waals surface area contributed by atoms with Gasteiger partial charge in [-0.25, -0.2) is 4.79 Å². The highest BCUT2D eigenvalue weighted by atomic mass is 16.4. The minimum atomic E-state index is -0.876. The molecule has 1 aromatic carbocycles. The molecule has 1 aliphatic heterocycles. The van der Waals surface area contributed by atoms with Crippen LogP contribution in [-0.2, 0) is 26.4 Å². The zero-order chi connectivity index (χ0) is 15.0. The van der Waals surface area contributed by atoms with Crippen molar-refractivity contribution < 1.29 is 9.90 Å². The van der Waals surface area contributed by atoms with Crippen LogP contribution in [-0.4, -0.2) is 27.4 Å². The van der Waals surface area contributed by atoms with Crippen LogP contribution in [0.4, 0.5) is 5.69 Å². The number of anilines is 1. The fourth-order valence-electron chi connectivity index (χ4n) is 2.83. The summed E-state index contributed by atoms with van der Waals surface area (Å²) in [5, 5.41) is 13.6. The molecule has 0 saturated heterocycles. The lowest BCUT2D eigenvalue weighted by Gasteiger charge is -2.19. The van der Waals surface area contributed by atoms with Crippen molar-refractivity contribution in [2.75, 3.05) is 11.4 Å². The van der Waals surface area contributed by atoms with Crippen molar-refractivity contribution >= 4 is 11.7 Å². The Morgan fingerprint density at radius 1 is 1.38 bits per heavy atom. The monoisotopic (exact) mass is 285 g/mol. The van der Waals surface area contributed by atoms with E-state index in [0.717, 1.165) is 43.0 Å². The first-order valence-electron chi connectivity index (χ1n) is 7.21. The second-order valence-corrected chi connectivity index (χ2v) is 5.42. The molecule has 2 aromatic rings. The van der Waals surface area contributed by atoms with Gasteiger partial charge in [0, 0.05) is 19.3 Å². The number of aromatic carboxylic acids is 1. The van der Waals surface area contributed by atoms with E-state index >= 15 is 0 Å². The van der Waals surface area contributed by atoms with Gasteiger partial charge in [-0.05, 0) is 36.6 Å². The number of aryl methyl sites for hydroxylation is 2. The third kappa shape index (κ3) is 2.51. The van der Waals surface area contributed by atoms with E-state index in [2.05, 4.69) is 23.0 Å². The van der Waals surface area contributed by atoms with Crippen LogP contribution in [0.3, 0.4) is 0 Å². The first-order chi connectivity index (χ1) is 10.1. The Bertz CT molecular complexity index is 691. The quantitative estimate of drug-likeness (QED) is 0.936. The number of carboxylic acids is 1. The molecule has 0 bridgehead atoms. The van der Waals surface area contributed by atoms with E-state index in [9.17, 15) is 4.79 Å². The third-order valence-electron chi connectivity index (χ3n) is 4.07. The van der Waals surface area contributed by atoms with E-state index < -0.39 is 5.97 Å². The van der Waals surface area contributed by atoms with Gasteiger partial charge in [-0.2, -0.15) is 5.10 Å². The summed E-state index contributed by atoms with van der Waals surface area (Å²) in [7, 11) is 1.96. The van der Waals surface area contributed by atoms with Gasteiger partial charge in [-0.1, -0.05) is 13.0 Å². The Kier molecular flexibility index (Phi) is 3.41. The van der Waals surface area contributed by atoms with Crippen molar-refractivity contribution in [3.8, 4) is 0 Å². The van der Waals surface area contributed by atoms with Gasteiger partial charge in [0.15, 0.2) is 0 Å². The minimum Gasteiger partial charge on any atom is -0.478 e. The lowest BCUT2D eigenvalue weighted by atomic mass is 10.1. The van der Waals surface area contributed by atoms with Crippen LogP contribution in [0.1, 0.15) is 34.2 Å². The topological polar surface area (TPSA) is 58.4 Å². The van der Waals surface area contributed by atoms with Gasteiger partial charge in [0.05, 0.1) is 23.5 Å². The first-order valence-corrected chi connectivity index (χ1v) is 7.21.